The predicted octanol–water partition coefficient (Wildman–Crippen LogP) is 8.60. The van der Waals surface area contributed by atoms with E-state index >= 15 is 0 Å². The lowest BCUT2D eigenvalue weighted by Gasteiger charge is -2.72. The summed E-state index contributed by atoms with van der Waals surface area (Å²) in [5.41, 5.74) is -0.178. The van der Waals surface area contributed by atoms with Gasteiger partial charge >= 0.3 is 17.9 Å². The Bertz CT molecular complexity index is 1110. The molecule has 5 aliphatic carbocycles. The minimum atomic E-state index is -1.12. The Morgan fingerprint density at radius 1 is 0.791 bits per heavy atom. The second kappa shape index (κ2) is 11.0. The first-order valence-corrected chi connectivity index (χ1v) is 17.6. The van der Waals surface area contributed by atoms with Crippen molar-refractivity contribution in [1.82, 2.24) is 0 Å². The minimum absolute atomic E-state index is 0.0210. The standard InChI is InChI=1S/C37H60O6/c1-9-42-29(38)16-20-37-17-10-11-25(37)24-12-13-27-34(6)18-15-28(43-30(39)23-32(2,3)31(40)41)33(4,5)26(34)14-19-36(27,8)35(24,7)21-22-37/h24-28H,9-23H2,1-8H3,(H,40,41)/t24-,25-,26?,27?,28+,34+,35-,36-,37+/m1/s1. The summed E-state index contributed by atoms with van der Waals surface area (Å²) in [6, 6.07) is 0. The molecule has 0 heterocycles. The molecule has 5 fully saturated rings. The predicted molar refractivity (Wildman–Crippen MR) is 167 cm³/mol. The Kier molecular flexibility index (Phi) is 8.42. The van der Waals surface area contributed by atoms with E-state index in [4.69, 9.17) is 9.47 Å². The molecular weight excluding hydrogens is 540 g/mol. The first-order valence-electron chi connectivity index (χ1n) is 17.6. The van der Waals surface area contributed by atoms with Crippen LogP contribution in [0.15, 0.2) is 0 Å². The lowest BCUT2D eigenvalue weighted by molar-refractivity contribution is -0.249. The Balaban J connectivity index is 1.34. The number of carboxylic acids is 1. The fraction of sp³-hybridized carbons (Fsp3) is 0.919. The molecule has 0 saturated heterocycles. The Hall–Kier alpha value is -1.59. The number of hydrogen-bond donors (Lipinski definition) is 1. The summed E-state index contributed by atoms with van der Waals surface area (Å²) in [5, 5.41) is 9.53. The molecule has 0 spiro atoms. The molecule has 0 radical (unpaired) electrons. The van der Waals surface area contributed by atoms with Crippen molar-refractivity contribution in [3.05, 3.63) is 0 Å². The van der Waals surface area contributed by atoms with Crippen LogP contribution in [0.1, 0.15) is 145 Å². The van der Waals surface area contributed by atoms with E-state index in [-0.39, 0.29) is 40.7 Å². The molecular formula is C37H60O6. The summed E-state index contributed by atoms with van der Waals surface area (Å²) in [7, 11) is 0. The fourth-order valence-corrected chi connectivity index (χ4v) is 12.5. The van der Waals surface area contributed by atoms with Crippen molar-refractivity contribution < 1.29 is 29.0 Å². The van der Waals surface area contributed by atoms with Crippen LogP contribution in [0.5, 0.6) is 0 Å². The van der Waals surface area contributed by atoms with E-state index in [0.29, 0.717) is 35.7 Å². The van der Waals surface area contributed by atoms with Crippen LogP contribution in [0.3, 0.4) is 0 Å². The Labute approximate surface area is 260 Å². The molecule has 0 aromatic rings. The molecule has 5 saturated carbocycles. The first kappa shape index (κ1) is 32.8. The number of hydrogen-bond acceptors (Lipinski definition) is 5. The summed E-state index contributed by atoms with van der Waals surface area (Å²) < 4.78 is 11.5. The largest absolute Gasteiger partial charge is 0.481 e. The molecule has 0 aromatic carbocycles. The number of esters is 2. The van der Waals surface area contributed by atoms with Gasteiger partial charge < -0.3 is 14.6 Å². The van der Waals surface area contributed by atoms with E-state index < -0.39 is 11.4 Å². The number of carboxylic acid groups (broad SMARTS) is 1. The van der Waals surface area contributed by atoms with Crippen molar-refractivity contribution in [2.24, 2.45) is 56.2 Å². The minimum Gasteiger partial charge on any atom is -0.481 e. The molecule has 244 valence electrons. The van der Waals surface area contributed by atoms with Crippen molar-refractivity contribution >= 4 is 17.9 Å². The summed E-state index contributed by atoms with van der Waals surface area (Å²) in [6.07, 6.45) is 14.6. The van der Waals surface area contributed by atoms with Gasteiger partial charge in [-0.3, -0.25) is 14.4 Å². The van der Waals surface area contributed by atoms with Gasteiger partial charge in [-0.15, -0.1) is 0 Å². The van der Waals surface area contributed by atoms with Crippen molar-refractivity contribution in [3.8, 4) is 0 Å². The van der Waals surface area contributed by atoms with Gasteiger partial charge in [0.2, 0.25) is 0 Å². The molecule has 1 N–H and O–H groups in total. The third-order valence-corrected chi connectivity index (χ3v) is 15.1. The van der Waals surface area contributed by atoms with Gasteiger partial charge in [-0.25, -0.2) is 0 Å². The number of ether oxygens (including phenoxy) is 2. The third-order valence-electron chi connectivity index (χ3n) is 15.1. The molecule has 0 amide bonds. The Morgan fingerprint density at radius 2 is 1.51 bits per heavy atom. The van der Waals surface area contributed by atoms with Gasteiger partial charge in [0.1, 0.15) is 6.10 Å². The summed E-state index contributed by atoms with van der Waals surface area (Å²) in [4.78, 5) is 37.0. The van der Waals surface area contributed by atoms with Gasteiger partial charge in [-0.1, -0.05) is 41.0 Å². The first-order chi connectivity index (χ1) is 20.0. The third kappa shape index (κ3) is 5.07. The molecule has 6 nitrogen and oxygen atoms in total. The number of aliphatic carboxylic acids is 1. The molecule has 6 heteroatoms. The highest BCUT2D eigenvalue weighted by atomic mass is 16.5. The molecule has 5 aliphatic rings. The number of carbonyl (C=O) groups excluding carboxylic acids is 2. The zero-order valence-corrected chi connectivity index (χ0v) is 28.5. The van der Waals surface area contributed by atoms with E-state index in [9.17, 15) is 19.5 Å². The van der Waals surface area contributed by atoms with Crippen LogP contribution in [0.4, 0.5) is 0 Å². The van der Waals surface area contributed by atoms with Crippen LogP contribution in [0.25, 0.3) is 0 Å². The maximum atomic E-state index is 13.0. The van der Waals surface area contributed by atoms with Gasteiger partial charge in [0.15, 0.2) is 0 Å². The SMILES string of the molecule is CCOC(=O)CC[C@]12CCC[C@@H]1[C@H]1CCC3[C@@]4(C)CC[C@H](OC(=O)CC(C)(C)C(=O)O)C(C)(C)C4CC[C@@]3(C)[C@]1(C)CC2. The van der Waals surface area contributed by atoms with Crippen LogP contribution >= 0.6 is 0 Å². The molecule has 0 aliphatic heterocycles. The second-order valence-electron chi connectivity index (χ2n) is 17.5. The summed E-state index contributed by atoms with van der Waals surface area (Å²) >= 11 is 0. The lowest BCUT2D eigenvalue weighted by atomic mass is 9.32. The van der Waals surface area contributed by atoms with Gasteiger partial charge in [0.05, 0.1) is 18.4 Å². The zero-order chi connectivity index (χ0) is 31.6. The molecule has 0 aromatic heterocycles. The topological polar surface area (TPSA) is 89.9 Å². The summed E-state index contributed by atoms with van der Waals surface area (Å²) in [5.74, 6) is 1.21. The van der Waals surface area contributed by atoms with Gasteiger partial charge in [-0.05, 0) is 137 Å². The fourth-order valence-electron chi connectivity index (χ4n) is 12.5. The average molecular weight is 601 g/mol. The maximum Gasteiger partial charge on any atom is 0.309 e. The quantitative estimate of drug-likeness (QED) is 0.281. The van der Waals surface area contributed by atoms with Crippen molar-refractivity contribution in [2.75, 3.05) is 6.61 Å². The number of fused-ring (bicyclic) bond motifs is 7. The van der Waals surface area contributed by atoms with Gasteiger partial charge in [-0.2, -0.15) is 0 Å². The van der Waals surface area contributed by atoms with Crippen molar-refractivity contribution in [1.29, 1.82) is 0 Å². The van der Waals surface area contributed by atoms with Crippen molar-refractivity contribution in [3.63, 3.8) is 0 Å². The number of carbonyl (C=O) groups is 3. The maximum absolute atomic E-state index is 13.0. The Morgan fingerprint density at radius 3 is 2.19 bits per heavy atom. The zero-order valence-electron chi connectivity index (χ0n) is 28.5. The van der Waals surface area contributed by atoms with E-state index in [2.05, 4.69) is 34.6 Å². The molecule has 9 atom stereocenters. The smallest absolute Gasteiger partial charge is 0.309 e. The monoisotopic (exact) mass is 600 g/mol. The normalized spacial score (nSPS) is 43.4. The summed E-state index contributed by atoms with van der Waals surface area (Å²) in [6.45, 7) is 18.1. The molecule has 0 bridgehead atoms. The second-order valence-corrected chi connectivity index (χ2v) is 17.5. The van der Waals surface area contributed by atoms with Crippen LogP contribution in [-0.2, 0) is 23.9 Å². The number of rotatable bonds is 8. The van der Waals surface area contributed by atoms with Crippen molar-refractivity contribution in [2.45, 2.75) is 151 Å². The van der Waals surface area contributed by atoms with E-state index in [1.165, 1.54) is 51.4 Å². The average Bonchev–Trinajstić information content (AvgIpc) is 3.34. The van der Waals surface area contributed by atoms with Gasteiger partial charge in [0.25, 0.3) is 0 Å². The van der Waals surface area contributed by atoms with Crippen LogP contribution in [0, 0.1) is 56.2 Å². The highest BCUT2D eigenvalue weighted by molar-refractivity contribution is 5.81. The molecule has 5 rings (SSSR count). The van der Waals surface area contributed by atoms with E-state index in [1.807, 2.05) is 6.92 Å². The molecule has 43 heavy (non-hydrogen) atoms. The van der Waals surface area contributed by atoms with Crippen LogP contribution < -0.4 is 0 Å². The van der Waals surface area contributed by atoms with E-state index in [1.54, 1.807) is 13.8 Å². The van der Waals surface area contributed by atoms with Crippen LogP contribution in [0.2, 0.25) is 0 Å². The highest BCUT2D eigenvalue weighted by Crippen LogP contribution is 2.77. The van der Waals surface area contributed by atoms with E-state index in [0.717, 1.165) is 37.5 Å². The van der Waals surface area contributed by atoms with Gasteiger partial charge in [0, 0.05) is 11.8 Å². The highest BCUT2D eigenvalue weighted by Gasteiger charge is 2.70. The van der Waals surface area contributed by atoms with Crippen LogP contribution in [-0.4, -0.2) is 35.7 Å². The lowest BCUT2D eigenvalue weighted by Crippen LogP contribution is -2.66. The molecule has 2 unspecified atom stereocenters.